The third-order valence-corrected chi connectivity index (χ3v) is 2.44. The number of nitrogens with two attached hydrogens (primary N) is 1. The second kappa shape index (κ2) is 3.22. The molecule has 1 unspecified atom stereocenters. The van der Waals surface area contributed by atoms with Crippen LogP contribution in [0.2, 0.25) is 0 Å². The molecule has 1 rings (SSSR count). The first-order valence-electron chi connectivity index (χ1n) is 3.49. The van der Waals surface area contributed by atoms with Crippen molar-refractivity contribution in [3.05, 3.63) is 0 Å². The van der Waals surface area contributed by atoms with Crippen molar-refractivity contribution in [1.29, 1.82) is 0 Å². The summed E-state index contributed by atoms with van der Waals surface area (Å²) in [6.45, 7) is 0.00752. The Bertz CT molecular complexity index is 305. The van der Waals surface area contributed by atoms with Crippen LogP contribution in [0.3, 0.4) is 0 Å². The maximum atomic E-state index is 10.7. The zero-order chi connectivity index (χ0) is 10.1. The highest BCUT2D eigenvalue weighted by Crippen LogP contribution is 2.19. The minimum absolute atomic E-state index is 0.0821. The SMILES string of the molecule is NS(=O)(=O)NC1(C(=O)O)CCOC1. The number of aliphatic carboxylic acids is 1. The standard InChI is InChI=1S/C5H10N2O5S/c6-13(10,11)7-5(4(8)9)1-2-12-3-5/h7H,1-3H2,(H,8,9)(H2,6,10,11). The number of carboxylic acids is 1. The van der Waals surface area contributed by atoms with Gasteiger partial charge in [0.25, 0.3) is 10.2 Å². The van der Waals surface area contributed by atoms with E-state index in [1.54, 1.807) is 0 Å². The van der Waals surface area contributed by atoms with E-state index in [1.807, 2.05) is 4.72 Å². The molecule has 0 aromatic carbocycles. The second-order valence-electron chi connectivity index (χ2n) is 2.84. The van der Waals surface area contributed by atoms with Gasteiger partial charge < -0.3 is 9.84 Å². The minimum Gasteiger partial charge on any atom is -0.480 e. The number of hydrogen-bond donors (Lipinski definition) is 3. The molecule has 1 heterocycles. The predicted octanol–water partition coefficient (Wildman–Crippen LogP) is -1.98. The molecule has 0 bridgehead atoms. The molecule has 0 amide bonds. The van der Waals surface area contributed by atoms with E-state index in [0.29, 0.717) is 0 Å². The lowest BCUT2D eigenvalue weighted by atomic mass is 10.0. The Morgan fingerprint density at radius 1 is 1.62 bits per heavy atom. The van der Waals surface area contributed by atoms with Crippen molar-refractivity contribution >= 4 is 16.2 Å². The van der Waals surface area contributed by atoms with Gasteiger partial charge in [0.2, 0.25) is 0 Å². The van der Waals surface area contributed by atoms with Crippen molar-refractivity contribution in [3.63, 3.8) is 0 Å². The topological polar surface area (TPSA) is 119 Å². The Labute approximate surface area is 75.0 Å². The summed E-state index contributed by atoms with van der Waals surface area (Å²) in [7, 11) is -4.02. The van der Waals surface area contributed by atoms with E-state index < -0.39 is 21.7 Å². The Kier molecular flexibility index (Phi) is 2.57. The van der Waals surface area contributed by atoms with Crippen LogP contribution in [-0.4, -0.2) is 38.2 Å². The number of ether oxygens (including phenoxy) is 1. The Balaban J connectivity index is 2.86. The summed E-state index contributed by atoms with van der Waals surface area (Å²) in [6, 6.07) is 0. The zero-order valence-corrected chi connectivity index (χ0v) is 7.50. The lowest BCUT2D eigenvalue weighted by Gasteiger charge is -2.21. The molecule has 1 fully saturated rings. The van der Waals surface area contributed by atoms with Gasteiger partial charge in [-0.25, -0.2) is 5.14 Å². The average molecular weight is 210 g/mol. The fraction of sp³-hybridized carbons (Fsp3) is 0.800. The van der Waals surface area contributed by atoms with Crippen LogP contribution in [0.15, 0.2) is 0 Å². The van der Waals surface area contributed by atoms with Crippen molar-refractivity contribution in [3.8, 4) is 0 Å². The van der Waals surface area contributed by atoms with Gasteiger partial charge in [-0.05, 0) is 0 Å². The molecule has 1 saturated heterocycles. The molecule has 76 valence electrons. The summed E-state index contributed by atoms with van der Waals surface area (Å²) in [5.74, 6) is -1.28. The molecule has 0 aliphatic carbocycles. The lowest BCUT2D eigenvalue weighted by Crippen LogP contribution is -2.56. The molecule has 1 aliphatic rings. The highest BCUT2D eigenvalue weighted by Gasteiger charge is 2.45. The monoisotopic (exact) mass is 210 g/mol. The molecular formula is C5H10N2O5S. The summed E-state index contributed by atoms with van der Waals surface area (Å²) in [4.78, 5) is 10.7. The molecule has 0 aromatic rings. The van der Waals surface area contributed by atoms with Crippen LogP contribution < -0.4 is 9.86 Å². The van der Waals surface area contributed by atoms with Gasteiger partial charge in [-0.3, -0.25) is 4.79 Å². The summed E-state index contributed by atoms with van der Waals surface area (Å²) in [5.41, 5.74) is -1.59. The number of carbonyl (C=O) groups is 1. The van der Waals surface area contributed by atoms with Crippen LogP contribution in [0.25, 0.3) is 0 Å². The van der Waals surface area contributed by atoms with E-state index in [-0.39, 0.29) is 19.6 Å². The normalized spacial score (nSPS) is 29.0. The molecule has 0 saturated carbocycles. The second-order valence-corrected chi connectivity index (χ2v) is 4.13. The number of hydrogen-bond acceptors (Lipinski definition) is 4. The molecule has 7 nitrogen and oxygen atoms in total. The van der Waals surface area contributed by atoms with Crippen LogP contribution in [-0.2, 0) is 19.7 Å². The first kappa shape index (κ1) is 10.4. The number of carboxylic acid groups (broad SMARTS) is 1. The van der Waals surface area contributed by atoms with Gasteiger partial charge in [0.05, 0.1) is 6.61 Å². The summed E-state index contributed by atoms with van der Waals surface area (Å²) in [5, 5.41) is 13.4. The summed E-state index contributed by atoms with van der Waals surface area (Å²) >= 11 is 0. The molecule has 0 aromatic heterocycles. The lowest BCUT2D eigenvalue weighted by molar-refractivity contribution is -0.144. The Morgan fingerprint density at radius 3 is 2.54 bits per heavy atom. The third-order valence-electron chi connectivity index (χ3n) is 1.77. The van der Waals surface area contributed by atoms with E-state index in [0.717, 1.165) is 0 Å². The molecule has 1 atom stereocenters. The van der Waals surface area contributed by atoms with E-state index in [4.69, 9.17) is 9.84 Å². The van der Waals surface area contributed by atoms with Gasteiger partial charge in [0.15, 0.2) is 5.54 Å². The number of rotatable bonds is 3. The Morgan fingerprint density at radius 2 is 2.23 bits per heavy atom. The fourth-order valence-electron chi connectivity index (χ4n) is 1.13. The van der Waals surface area contributed by atoms with Gasteiger partial charge in [-0.2, -0.15) is 13.1 Å². The maximum Gasteiger partial charge on any atom is 0.327 e. The van der Waals surface area contributed by atoms with Gasteiger partial charge >= 0.3 is 5.97 Å². The van der Waals surface area contributed by atoms with Crippen molar-refractivity contribution in [2.45, 2.75) is 12.0 Å². The molecule has 8 heteroatoms. The molecule has 13 heavy (non-hydrogen) atoms. The van der Waals surface area contributed by atoms with Crippen LogP contribution in [0.5, 0.6) is 0 Å². The van der Waals surface area contributed by atoms with E-state index in [1.165, 1.54) is 0 Å². The van der Waals surface area contributed by atoms with E-state index in [2.05, 4.69) is 5.14 Å². The first-order chi connectivity index (χ1) is 5.86. The van der Waals surface area contributed by atoms with Gasteiger partial charge in [0.1, 0.15) is 0 Å². The number of nitrogens with one attached hydrogen (secondary N) is 1. The summed E-state index contributed by atoms with van der Waals surface area (Å²) in [6.07, 6.45) is 0.0821. The fourth-order valence-corrected chi connectivity index (χ4v) is 1.92. The van der Waals surface area contributed by atoms with Gasteiger partial charge in [-0.15, -0.1) is 0 Å². The van der Waals surface area contributed by atoms with Crippen molar-refractivity contribution in [1.82, 2.24) is 4.72 Å². The van der Waals surface area contributed by atoms with Crippen molar-refractivity contribution < 1.29 is 23.1 Å². The van der Waals surface area contributed by atoms with E-state index >= 15 is 0 Å². The predicted molar refractivity (Wildman–Crippen MR) is 42.0 cm³/mol. The minimum atomic E-state index is -4.02. The average Bonchev–Trinajstić information content (AvgIpc) is 2.33. The Hall–Kier alpha value is -0.700. The van der Waals surface area contributed by atoms with Gasteiger partial charge in [-0.1, -0.05) is 0 Å². The maximum absolute atomic E-state index is 10.7. The smallest absolute Gasteiger partial charge is 0.327 e. The summed E-state index contributed by atoms with van der Waals surface area (Å²) < 4.78 is 28.0. The van der Waals surface area contributed by atoms with Crippen molar-refractivity contribution in [2.24, 2.45) is 5.14 Å². The quantitative estimate of drug-likeness (QED) is 0.499. The van der Waals surface area contributed by atoms with Crippen LogP contribution in [0, 0.1) is 0 Å². The van der Waals surface area contributed by atoms with Gasteiger partial charge in [0, 0.05) is 13.0 Å². The highest BCUT2D eigenvalue weighted by molar-refractivity contribution is 7.87. The first-order valence-corrected chi connectivity index (χ1v) is 5.03. The molecular weight excluding hydrogens is 200 g/mol. The molecule has 1 aliphatic heterocycles. The highest BCUT2D eigenvalue weighted by atomic mass is 32.2. The van der Waals surface area contributed by atoms with E-state index in [9.17, 15) is 13.2 Å². The third kappa shape index (κ3) is 2.37. The van der Waals surface area contributed by atoms with Crippen LogP contribution >= 0.6 is 0 Å². The molecule has 0 spiro atoms. The molecule has 4 N–H and O–H groups in total. The zero-order valence-electron chi connectivity index (χ0n) is 6.69. The molecule has 0 radical (unpaired) electrons. The van der Waals surface area contributed by atoms with Crippen LogP contribution in [0.1, 0.15) is 6.42 Å². The van der Waals surface area contributed by atoms with Crippen LogP contribution in [0.4, 0.5) is 0 Å². The largest absolute Gasteiger partial charge is 0.480 e. The van der Waals surface area contributed by atoms with Crippen molar-refractivity contribution in [2.75, 3.05) is 13.2 Å².